The first-order valence-electron chi connectivity index (χ1n) is 9.93. The maximum atomic E-state index is 12.6. The summed E-state index contributed by atoms with van der Waals surface area (Å²) < 4.78 is 5.49. The van der Waals surface area contributed by atoms with Crippen LogP contribution in [0.2, 0.25) is 0 Å². The standard InChI is InChI=1S/C19H35N3O2/c1-16-5-3-4-9-22(16)19(23)14-20(2)18-6-10-21(11-7-18)13-17-8-12-24-15-17/h16-18H,3-15H2,1-2H3/t16-,17+/m0/s1. The van der Waals surface area contributed by atoms with Gasteiger partial charge in [0.15, 0.2) is 0 Å². The molecule has 1 amide bonds. The third-order valence-corrected chi connectivity index (χ3v) is 6.23. The fourth-order valence-electron chi connectivity index (χ4n) is 4.54. The zero-order valence-corrected chi connectivity index (χ0v) is 15.6. The summed E-state index contributed by atoms with van der Waals surface area (Å²) in [6, 6.07) is 0.986. The number of likely N-dealkylation sites (tertiary alicyclic amines) is 2. The Balaban J connectivity index is 1.39. The molecule has 0 aliphatic carbocycles. The van der Waals surface area contributed by atoms with Crippen molar-refractivity contribution in [3.8, 4) is 0 Å². The number of hydrogen-bond acceptors (Lipinski definition) is 4. The number of nitrogens with zero attached hydrogens (tertiary/aromatic N) is 3. The molecule has 0 aromatic heterocycles. The summed E-state index contributed by atoms with van der Waals surface area (Å²) in [5.41, 5.74) is 0. The summed E-state index contributed by atoms with van der Waals surface area (Å²) in [6.07, 6.45) is 7.20. The molecule has 138 valence electrons. The van der Waals surface area contributed by atoms with Crippen LogP contribution in [0.4, 0.5) is 0 Å². The predicted molar refractivity (Wildman–Crippen MR) is 96.0 cm³/mol. The molecule has 3 aliphatic rings. The molecule has 3 fully saturated rings. The number of carbonyl (C=O) groups is 1. The minimum absolute atomic E-state index is 0.329. The van der Waals surface area contributed by atoms with E-state index in [0.29, 0.717) is 24.5 Å². The Kier molecular flexibility index (Phi) is 6.53. The quantitative estimate of drug-likeness (QED) is 0.767. The van der Waals surface area contributed by atoms with Crippen LogP contribution in [0.15, 0.2) is 0 Å². The second-order valence-corrected chi connectivity index (χ2v) is 8.11. The lowest BCUT2D eigenvalue weighted by molar-refractivity contribution is -0.136. The van der Waals surface area contributed by atoms with Crippen LogP contribution in [0.1, 0.15) is 45.4 Å². The molecule has 3 saturated heterocycles. The third kappa shape index (κ3) is 4.70. The number of likely N-dealkylation sites (N-methyl/N-ethyl adjacent to an activating group) is 1. The molecule has 0 N–H and O–H groups in total. The smallest absolute Gasteiger partial charge is 0.236 e. The molecule has 24 heavy (non-hydrogen) atoms. The van der Waals surface area contributed by atoms with Crippen LogP contribution in [0.5, 0.6) is 0 Å². The fraction of sp³-hybridized carbons (Fsp3) is 0.947. The van der Waals surface area contributed by atoms with Crippen molar-refractivity contribution in [3.05, 3.63) is 0 Å². The van der Waals surface area contributed by atoms with Crippen molar-refractivity contribution >= 4 is 5.91 Å². The molecule has 0 aromatic carbocycles. The van der Waals surface area contributed by atoms with Crippen LogP contribution in [-0.2, 0) is 9.53 Å². The monoisotopic (exact) mass is 337 g/mol. The van der Waals surface area contributed by atoms with Crippen LogP contribution in [-0.4, -0.2) is 85.7 Å². The van der Waals surface area contributed by atoms with Crippen LogP contribution < -0.4 is 0 Å². The highest BCUT2D eigenvalue weighted by Gasteiger charge is 2.29. The van der Waals surface area contributed by atoms with Crippen molar-refractivity contribution < 1.29 is 9.53 Å². The molecule has 3 heterocycles. The first-order chi connectivity index (χ1) is 11.6. The van der Waals surface area contributed by atoms with Gasteiger partial charge in [-0.05, 0) is 71.5 Å². The summed E-state index contributed by atoms with van der Waals surface area (Å²) in [6.45, 7) is 9.16. The van der Waals surface area contributed by atoms with Crippen LogP contribution in [0, 0.1) is 5.92 Å². The number of piperidine rings is 2. The number of amides is 1. The van der Waals surface area contributed by atoms with Gasteiger partial charge in [0.2, 0.25) is 5.91 Å². The molecule has 2 atom stereocenters. The Labute approximate surface area is 147 Å². The molecule has 0 radical (unpaired) electrons. The summed E-state index contributed by atoms with van der Waals surface area (Å²) in [4.78, 5) is 19.6. The van der Waals surface area contributed by atoms with E-state index < -0.39 is 0 Å². The summed E-state index contributed by atoms with van der Waals surface area (Å²) in [7, 11) is 2.14. The molecule has 0 aromatic rings. The van der Waals surface area contributed by atoms with Gasteiger partial charge in [0.05, 0.1) is 13.2 Å². The molecule has 0 spiro atoms. The Bertz CT molecular complexity index is 403. The normalized spacial score (nSPS) is 30.2. The second kappa shape index (κ2) is 8.63. The largest absolute Gasteiger partial charge is 0.381 e. The highest BCUT2D eigenvalue weighted by atomic mass is 16.5. The minimum atomic E-state index is 0.329. The van der Waals surface area contributed by atoms with Gasteiger partial charge in [-0.25, -0.2) is 0 Å². The van der Waals surface area contributed by atoms with Crippen molar-refractivity contribution in [3.63, 3.8) is 0 Å². The number of ether oxygens (including phenoxy) is 1. The van der Waals surface area contributed by atoms with Gasteiger partial charge < -0.3 is 14.5 Å². The summed E-state index contributed by atoms with van der Waals surface area (Å²) >= 11 is 0. The van der Waals surface area contributed by atoms with Gasteiger partial charge >= 0.3 is 0 Å². The van der Waals surface area contributed by atoms with Gasteiger partial charge in [-0.15, -0.1) is 0 Å². The van der Waals surface area contributed by atoms with Crippen molar-refractivity contribution in [1.29, 1.82) is 0 Å². The van der Waals surface area contributed by atoms with E-state index in [0.717, 1.165) is 25.7 Å². The van der Waals surface area contributed by atoms with Crippen molar-refractivity contribution in [2.24, 2.45) is 5.92 Å². The SMILES string of the molecule is C[C@H]1CCCCN1C(=O)CN(C)C1CCN(C[C@H]2CCOC2)CC1. The van der Waals surface area contributed by atoms with Gasteiger partial charge in [0.1, 0.15) is 0 Å². The number of carbonyl (C=O) groups excluding carboxylic acids is 1. The molecular formula is C19H35N3O2. The maximum absolute atomic E-state index is 12.6. The highest BCUT2D eigenvalue weighted by molar-refractivity contribution is 5.78. The molecule has 0 bridgehead atoms. The van der Waals surface area contributed by atoms with Crippen LogP contribution >= 0.6 is 0 Å². The molecule has 0 saturated carbocycles. The van der Waals surface area contributed by atoms with Gasteiger partial charge in [-0.1, -0.05) is 0 Å². The van der Waals surface area contributed by atoms with E-state index in [-0.39, 0.29) is 0 Å². The van der Waals surface area contributed by atoms with E-state index in [9.17, 15) is 4.79 Å². The van der Waals surface area contributed by atoms with Crippen molar-refractivity contribution in [2.45, 2.75) is 57.5 Å². The van der Waals surface area contributed by atoms with E-state index >= 15 is 0 Å². The lowest BCUT2D eigenvalue weighted by Crippen LogP contribution is -2.50. The lowest BCUT2D eigenvalue weighted by Gasteiger charge is -2.39. The molecule has 5 heteroatoms. The Morgan fingerprint density at radius 3 is 2.58 bits per heavy atom. The average Bonchev–Trinajstić information content (AvgIpc) is 3.08. The second-order valence-electron chi connectivity index (χ2n) is 8.11. The minimum Gasteiger partial charge on any atom is -0.381 e. The summed E-state index contributed by atoms with van der Waals surface area (Å²) in [5, 5.41) is 0. The van der Waals surface area contributed by atoms with E-state index in [1.165, 1.54) is 58.2 Å². The zero-order valence-electron chi connectivity index (χ0n) is 15.6. The van der Waals surface area contributed by atoms with Gasteiger partial charge in [0.25, 0.3) is 0 Å². The van der Waals surface area contributed by atoms with Gasteiger partial charge in [0, 0.05) is 31.8 Å². The third-order valence-electron chi connectivity index (χ3n) is 6.23. The highest BCUT2D eigenvalue weighted by Crippen LogP contribution is 2.21. The lowest BCUT2D eigenvalue weighted by atomic mass is 10.0. The van der Waals surface area contributed by atoms with E-state index in [1.807, 2.05) is 0 Å². The average molecular weight is 338 g/mol. The fourth-order valence-corrected chi connectivity index (χ4v) is 4.54. The Hall–Kier alpha value is -0.650. The van der Waals surface area contributed by atoms with Gasteiger partial charge in [-0.3, -0.25) is 9.69 Å². The topological polar surface area (TPSA) is 36.0 Å². The molecule has 3 rings (SSSR count). The van der Waals surface area contributed by atoms with Crippen molar-refractivity contribution in [2.75, 3.05) is 53.0 Å². The molecule has 5 nitrogen and oxygen atoms in total. The zero-order chi connectivity index (χ0) is 16.9. The molecular weight excluding hydrogens is 302 g/mol. The van der Waals surface area contributed by atoms with Crippen LogP contribution in [0.25, 0.3) is 0 Å². The first kappa shape index (κ1) is 18.2. The Morgan fingerprint density at radius 2 is 1.92 bits per heavy atom. The van der Waals surface area contributed by atoms with Gasteiger partial charge in [-0.2, -0.15) is 0 Å². The number of rotatable bonds is 5. The molecule has 0 unspecified atom stereocenters. The maximum Gasteiger partial charge on any atom is 0.236 e. The summed E-state index contributed by atoms with van der Waals surface area (Å²) in [5.74, 6) is 1.07. The van der Waals surface area contributed by atoms with E-state index in [1.54, 1.807) is 0 Å². The predicted octanol–water partition coefficient (Wildman–Crippen LogP) is 1.82. The van der Waals surface area contributed by atoms with E-state index in [4.69, 9.17) is 4.74 Å². The van der Waals surface area contributed by atoms with E-state index in [2.05, 4.69) is 28.7 Å². The number of hydrogen-bond donors (Lipinski definition) is 0. The van der Waals surface area contributed by atoms with Crippen molar-refractivity contribution in [1.82, 2.24) is 14.7 Å². The molecule has 3 aliphatic heterocycles. The first-order valence-corrected chi connectivity index (χ1v) is 9.93. The van der Waals surface area contributed by atoms with Crippen LogP contribution in [0.3, 0.4) is 0 Å². The Morgan fingerprint density at radius 1 is 1.12 bits per heavy atom.